The van der Waals surface area contributed by atoms with Crippen molar-refractivity contribution in [2.75, 3.05) is 38.1 Å². The minimum atomic E-state index is 0.0711. The number of nitrogens with zero attached hydrogens (tertiary/aromatic N) is 5. The van der Waals surface area contributed by atoms with E-state index < -0.39 is 0 Å². The Hall–Kier alpha value is -2.05. The van der Waals surface area contributed by atoms with Crippen LogP contribution in [0.4, 0.5) is 5.69 Å². The summed E-state index contributed by atoms with van der Waals surface area (Å²) in [6, 6.07) is 0. The number of nitrogens with one attached hydrogen (secondary N) is 1. The van der Waals surface area contributed by atoms with Crippen LogP contribution < -0.4 is 10.2 Å². The monoisotopic (exact) mass is 292 g/mol. The van der Waals surface area contributed by atoms with Gasteiger partial charge in [0.15, 0.2) is 5.96 Å². The van der Waals surface area contributed by atoms with Crippen LogP contribution >= 0.6 is 0 Å². The van der Waals surface area contributed by atoms with Crippen molar-refractivity contribution in [3.05, 3.63) is 12.4 Å². The molecule has 1 aromatic heterocycles. The van der Waals surface area contributed by atoms with Gasteiger partial charge in [-0.1, -0.05) is 13.8 Å². The maximum atomic E-state index is 12.3. The minimum Gasteiger partial charge on any atom is -0.356 e. The van der Waals surface area contributed by atoms with E-state index >= 15 is 0 Å². The number of aryl methyl sites for hydroxylation is 1. The van der Waals surface area contributed by atoms with E-state index in [0.717, 1.165) is 24.7 Å². The Kier molecular flexibility index (Phi) is 4.82. The molecule has 1 aliphatic heterocycles. The molecule has 0 spiro atoms. The Balaban J connectivity index is 1.98. The van der Waals surface area contributed by atoms with Crippen molar-refractivity contribution < 1.29 is 4.79 Å². The standard InChI is InChI=1S/C14H24N6O/c1-11(2)7-16-14(15-3)19-5-6-20(13(21)10-19)12-8-17-18(4)9-12/h8-9,11H,5-7,10H2,1-4H3,(H,15,16). The Labute approximate surface area is 125 Å². The first-order chi connectivity index (χ1) is 10.0. The molecule has 7 heteroatoms. The molecule has 1 aliphatic rings. The summed E-state index contributed by atoms with van der Waals surface area (Å²) in [7, 11) is 3.60. The number of anilines is 1. The Bertz CT molecular complexity index is 521. The van der Waals surface area contributed by atoms with Gasteiger partial charge in [-0.25, -0.2) is 0 Å². The van der Waals surface area contributed by atoms with Crippen molar-refractivity contribution in [1.29, 1.82) is 0 Å². The van der Waals surface area contributed by atoms with E-state index in [1.807, 2.05) is 18.1 Å². The predicted molar refractivity (Wildman–Crippen MR) is 83.3 cm³/mol. The summed E-state index contributed by atoms with van der Waals surface area (Å²) in [4.78, 5) is 20.4. The van der Waals surface area contributed by atoms with Crippen LogP contribution in [0, 0.1) is 5.92 Å². The lowest BCUT2D eigenvalue weighted by Gasteiger charge is -2.35. The fourth-order valence-electron chi connectivity index (χ4n) is 2.30. The molecule has 1 fully saturated rings. The molecule has 2 rings (SSSR count). The number of amides is 1. The number of guanidine groups is 1. The summed E-state index contributed by atoms with van der Waals surface area (Å²) in [6.07, 6.45) is 3.58. The predicted octanol–water partition coefficient (Wildman–Crippen LogP) is 0.300. The van der Waals surface area contributed by atoms with Crippen LogP contribution in [0.25, 0.3) is 0 Å². The molecule has 0 aliphatic carbocycles. The number of piperazine rings is 1. The zero-order valence-electron chi connectivity index (χ0n) is 13.2. The average molecular weight is 292 g/mol. The zero-order chi connectivity index (χ0) is 15.4. The van der Waals surface area contributed by atoms with Crippen molar-refractivity contribution >= 4 is 17.6 Å². The first-order valence-electron chi connectivity index (χ1n) is 7.26. The summed E-state index contributed by atoms with van der Waals surface area (Å²) in [5.74, 6) is 1.40. The van der Waals surface area contributed by atoms with Crippen LogP contribution in [0.1, 0.15) is 13.8 Å². The lowest BCUT2D eigenvalue weighted by atomic mass is 10.2. The molecule has 1 saturated heterocycles. The third kappa shape index (κ3) is 3.74. The number of hydrogen-bond acceptors (Lipinski definition) is 3. The largest absolute Gasteiger partial charge is 0.356 e. The van der Waals surface area contributed by atoms with Gasteiger partial charge in [0.05, 0.1) is 11.9 Å². The fraction of sp³-hybridized carbons (Fsp3) is 0.643. The minimum absolute atomic E-state index is 0.0711. The topological polar surface area (TPSA) is 65.8 Å². The van der Waals surface area contributed by atoms with Crippen molar-refractivity contribution in [2.24, 2.45) is 18.0 Å². The summed E-state index contributed by atoms with van der Waals surface area (Å²) in [6.45, 7) is 6.89. The molecule has 1 N–H and O–H groups in total. The van der Waals surface area contributed by atoms with E-state index in [4.69, 9.17) is 0 Å². The highest BCUT2D eigenvalue weighted by atomic mass is 16.2. The number of carbonyl (C=O) groups excluding carboxylic acids is 1. The van der Waals surface area contributed by atoms with Crippen LogP contribution in [-0.2, 0) is 11.8 Å². The Morgan fingerprint density at radius 2 is 2.24 bits per heavy atom. The number of rotatable bonds is 3. The van der Waals surface area contributed by atoms with Crippen molar-refractivity contribution in [1.82, 2.24) is 20.0 Å². The Morgan fingerprint density at radius 3 is 2.76 bits per heavy atom. The van der Waals surface area contributed by atoms with Gasteiger partial charge in [0, 0.05) is 39.9 Å². The second kappa shape index (κ2) is 6.60. The molecule has 0 unspecified atom stereocenters. The normalized spacial score (nSPS) is 16.8. The SMILES string of the molecule is CN=C(NCC(C)C)N1CCN(c2cnn(C)c2)C(=O)C1. The van der Waals surface area contributed by atoms with E-state index in [2.05, 4.69) is 29.3 Å². The lowest BCUT2D eigenvalue weighted by Crippen LogP contribution is -2.55. The zero-order valence-corrected chi connectivity index (χ0v) is 13.2. The summed E-state index contributed by atoms with van der Waals surface area (Å²) >= 11 is 0. The van der Waals surface area contributed by atoms with Crippen LogP contribution in [0.3, 0.4) is 0 Å². The number of hydrogen-bond donors (Lipinski definition) is 1. The highest BCUT2D eigenvalue weighted by molar-refractivity contribution is 5.98. The molecule has 21 heavy (non-hydrogen) atoms. The molecule has 0 aromatic carbocycles. The van der Waals surface area contributed by atoms with Gasteiger partial charge < -0.3 is 15.1 Å². The van der Waals surface area contributed by atoms with Crippen LogP contribution in [0.15, 0.2) is 17.4 Å². The Morgan fingerprint density at radius 1 is 1.48 bits per heavy atom. The second-order valence-corrected chi connectivity index (χ2v) is 5.66. The maximum absolute atomic E-state index is 12.3. The van der Waals surface area contributed by atoms with Crippen LogP contribution in [0.2, 0.25) is 0 Å². The molecule has 7 nitrogen and oxygen atoms in total. The smallest absolute Gasteiger partial charge is 0.246 e. The molecule has 0 saturated carbocycles. The summed E-state index contributed by atoms with van der Waals surface area (Å²) < 4.78 is 1.71. The third-order valence-electron chi connectivity index (χ3n) is 3.40. The molecule has 1 amide bonds. The third-order valence-corrected chi connectivity index (χ3v) is 3.40. The van der Waals surface area contributed by atoms with E-state index in [-0.39, 0.29) is 5.91 Å². The fourth-order valence-corrected chi connectivity index (χ4v) is 2.30. The van der Waals surface area contributed by atoms with E-state index in [9.17, 15) is 4.79 Å². The summed E-state index contributed by atoms with van der Waals surface area (Å²) in [5, 5.41) is 7.43. The highest BCUT2D eigenvalue weighted by Gasteiger charge is 2.27. The number of aromatic nitrogens is 2. The van der Waals surface area contributed by atoms with Crippen LogP contribution in [-0.4, -0.2) is 59.8 Å². The van der Waals surface area contributed by atoms with Crippen molar-refractivity contribution in [3.8, 4) is 0 Å². The van der Waals surface area contributed by atoms with Gasteiger partial charge in [0.25, 0.3) is 0 Å². The quantitative estimate of drug-likeness (QED) is 0.643. The average Bonchev–Trinajstić information content (AvgIpc) is 2.85. The van der Waals surface area contributed by atoms with Crippen molar-refractivity contribution in [3.63, 3.8) is 0 Å². The molecule has 0 radical (unpaired) electrons. The molecule has 0 atom stereocenters. The van der Waals surface area contributed by atoms with Crippen molar-refractivity contribution in [2.45, 2.75) is 13.8 Å². The van der Waals surface area contributed by atoms with Gasteiger partial charge in [0.2, 0.25) is 5.91 Å². The maximum Gasteiger partial charge on any atom is 0.246 e. The van der Waals surface area contributed by atoms with Gasteiger partial charge in [-0.2, -0.15) is 5.10 Å². The van der Waals surface area contributed by atoms with E-state index in [1.165, 1.54) is 0 Å². The molecular weight excluding hydrogens is 268 g/mol. The van der Waals surface area contributed by atoms with Gasteiger partial charge in [-0.05, 0) is 5.92 Å². The van der Waals surface area contributed by atoms with Gasteiger partial charge in [-0.3, -0.25) is 14.5 Å². The van der Waals surface area contributed by atoms with Crippen LogP contribution in [0.5, 0.6) is 0 Å². The van der Waals surface area contributed by atoms with Gasteiger partial charge in [0.1, 0.15) is 6.54 Å². The first kappa shape index (κ1) is 15.3. The molecule has 0 bridgehead atoms. The van der Waals surface area contributed by atoms with E-state index in [0.29, 0.717) is 19.0 Å². The van der Waals surface area contributed by atoms with E-state index in [1.54, 1.807) is 22.8 Å². The molecule has 1 aromatic rings. The first-order valence-corrected chi connectivity index (χ1v) is 7.26. The van der Waals surface area contributed by atoms with Gasteiger partial charge >= 0.3 is 0 Å². The molecule has 116 valence electrons. The highest BCUT2D eigenvalue weighted by Crippen LogP contribution is 2.15. The summed E-state index contributed by atoms with van der Waals surface area (Å²) in [5.41, 5.74) is 0.854. The van der Waals surface area contributed by atoms with Gasteiger partial charge in [-0.15, -0.1) is 0 Å². The number of carbonyl (C=O) groups is 1. The second-order valence-electron chi connectivity index (χ2n) is 5.66. The molecular formula is C14H24N6O. The molecule has 2 heterocycles. The number of aliphatic imine (C=N–C) groups is 1. The lowest BCUT2D eigenvalue weighted by molar-refractivity contribution is -0.120.